The molecule has 0 spiro atoms. The summed E-state index contributed by atoms with van der Waals surface area (Å²) >= 11 is 15.6. The average Bonchev–Trinajstić information content (AvgIpc) is 3.25. The molecule has 122 valence electrons. The lowest BCUT2D eigenvalue weighted by Gasteiger charge is -2.12. The smallest absolute Gasteiger partial charge is 0.0774 e. The van der Waals surface area contributed by atoms with Crippen molar-refractivity contribution in [2.75, 3.05) is 11.5 Å². The second kappa shape index (κ2) is 7.50. The van der Waals surface area contributed by atoms with Crippen LogP contribution in [0.1, 0.15) is 5.69 Å². The molecule has 4 aliphatic heterocycles. The Bertz CT molecular complexity index is 803. The van der Waals surface area contributed by atoms with E-state index in [1.165, 1.54) is 41.8 Å². The summed E-state index contributed by atoms with van der Waals surface area (Å²) in [5.74, 6) is 2.50. The summed E-state index contributed by atoms with van der Waals surface area (Å²) in [6, 6.07) is 6.11. The Morgan fingerprint density at radius 1 is 0.708 bits per heavy atom. The predicted octanol–water partition coefficient (Wildman–Crippen LogP) is 7.68. The highest BCUT2D eigenvalue weighted by Gasteiger charge is 2.33. The molecule has 0 amide bonds. The zero-order chi connectivity index (χ0) is 15.9. The number of hydrogen-bond acceptors (Lipinski definition) is 9. The van der Waals surface area contributed by atoms with Crippen LogP contribution in [0, 0.1) is 0 Å². The molecule has 0 fully saturated rings. The highest BCUT2D eigenvalue weighted by Crippen LogP contribution is 2.68. The maximum Gasteiger partial charge on any atom is 0.0774 e. The Balaban J connectivity index is 1.32. The maximum atomic E-state index is 4.49. The van der Waals surface area contributed by atoms with Crippen molar-refractivity contribution in [2.24, 2.45) is 0 Å². The molecule has 0 saturated heterocycles. The number of hydrogen-bond donors (Lipinski definition) is 0. The predicted molar refractivity (Wildman–Crippen MR) is 124 cm³/mol. The molecule has 5 rings (SSSR count). The van der Waals surface area contributed by atoms with Crippen LogP contribution in [0.2, 0.25) is 0 Å². The summed E-state index contributed by atoms with van der Waals surface area (Å²) in [4.78, 5) is 5.75. The normalized spacial score (nSPS) is 23.6. The largest absolute Gasteiger partial charge is 0.256 e. The second-order valence-corrected chi connectivity index (χ2v) is 14.5. The molecule has 0 aromatic carbocycles. The zero-order valence-electron chi connectivity index (χ0n) is 12.0. The van der Waals surface area contributed by atoms with Crippen molar-refractivity contribution in [1.29, 1.82) is 0 Å². The Morgan fingerprint density at radius 2 is 1.38 bits per heavy atom. The van der Waals surface area contributed by atoms with Gasteiger partial charge in [0.2, 0.25) is 0 Å². The van der Waals surface area contributed by atoms with Gasteiger partial charge in [-0.15, -0.1) is 23.5 Å². The topological polar surface area (TPSA) is 12.9 Å². The van der Waals surface area contributed by atoms with Crippen LogP contribution in [-0.2, 0) is 0 Å². The van der Waals surface area contributed by atoms with E-state index >= 15 is 0 Å². The highest BCUT2D eigenvalue weighted by atomic mass is 32.3. The molecule has 0 N–H and O–H groups in total. The van der Waals surface area contributed by atoms with Crippen LogP contribution in [0.5, 0.6) is 0 Å². The van der Waals surface area contributed by atoms with Gasteiger partial charge < -0.3 is 0 Å². The third kappa shape index (κ3) is 3.40. The van der Waals surface area contributed by atoms with Gasteiger partial charge in [0.25, 0.3) is 0 Å². The molecule has 0 atom stereocenters. The summed E-state index contributed by atoms with van der Waals surface area (Å²) in [5.41, 5.74) is 1.07. The summed E-state index contributed by atoms with van der Waals surface area (Å²) in [7, 11) is 0. The van der Waals surface area contributed by atoms with Gasteiger partial charge in [-0.25, -0.2) is 0 Å². The Labute approximate surface area is 175 Å². The van der Waals surface area contributed by atoms with E-state index in [1.807, 2.05) is 106 Å². The van der Waals surface area contributed by atoms with Crippen molar-refractivity contribution in [1.82, 2.24) is 4.98 Å². The van der Waals surface area contributed by atoms with Crippen molar-refractivity contribution in [3.8, 4) is 0 Å². The molecule has 4 aliphatic rings. The molecular formula is C15H9NS8. The van der Waals surface area contributed by atoms with Gasteiger partial charge in [0.1, 0.15) is 0 Å². The van der Waals surface area contributed by atoms with E-state index in [2.05, 4.69) is 22.5 Å². The van der Waals surface area contributed by atoms with Crippen LogP contribution in [0.15, 0.2) is 55.2 Å². The van der Waals surface area contributed by atoms with Gasteiger partial charge in [-0.2, -0.15) is 0 Å². The van der Waals surface area contributed by atoms with Gasteiger partial charge in [0.15, 0.2) is 0 Å². The molecule has 1 aromatic rings. The molecule has 0 bridgehead atoms. The summed E-state index contributed by atoms with van der Waals surface area (Å²) in [6.45, 7) is 0. The molecule has 24 heavy (non-hydrogen) atoms. The molecular weight excluding hydrogens is 451 g/mol. The summed E-state index contributed by atoms with van der Waals surface area (Å²) < 4.78 is 8.84. The number of pyridine rings is 1. The van der Waals surface area contributed by atoms with Gasteiger partial charge in [0.05, 0.1) is 31.1 Å². The lowest BCUT2D eigenvalue weighted by atomic mass is 10.3. The van der Waals surface area contributed by atoms with E-state index in [-0.39, 0.29) is 0 Å². The third-order valence-electron chi connectivity index (χ3n) is 3.18. The van der Waals surface area contributed by atoms with Gasteiger partial charge in [0, 0.05) is 22.6 Å². The minimum Gasteiger partial charge on any atom is -0.256 e. The van der Waals surface area contributed by atoms with Crippen molar-refractivity contribution >= 4 is 99.0 Å². The van der Waals surface area contributed by atoms with Crippen LogP contribution in [0.25, 0.3) is 4.91 Å². The average molecular weight is 460 g/mol. The quantitative estimate of drug-likeness (QED) is 0.415. The van der Waals surface area contributed by atoms with E-state index < -0.39 is 0 Å². The van der Waals surface area contributed by atoms with E-state index in [0.29, 0.717) is 0 Å². The fourth-order valence-electron chi connectivity index (χ4n) is 2.14. The zero-order valence-corrected chi connectivity index (χ0v) is 18.5. The van der Waals surface area contributed by atoms with Crippen molar-refractivity contribution in [2.45, 2.75) is 0 Å². The van der Waals surface area contributed by atoms with Crippen molar-refractivity contribution in [3.05, 3.63) is 60.9 Å². The molecule has 0 unspecified atom stereocenters. The van der Waals surface area contributed by atoms with Gasteiger partial charge >= 0.3 is 0 Å². The van der Waals surface area contributed by atoms with Crippen LogP contribution in [0.4, 0.5) is 0 Å². The number of rotatable bonds is 1. The molecule has 0 aliphatic carbocycles. The molecule has 0 saturated carbocycles. The lowest BCUT2D eigenvalue weighted by Crippen LogP contribution is -1.88. The van der Waals surface area contributed by atoms with Gasteiger partial charge in [-0.1, -0.05) is 76.6 Å². The first-order chi connectivity index (χ1) is 11.9. The van der Waals surface area contributed by atoms with Crippen LogP contribution in [0.3, 0.4) is 0 Å². The van der Waals surface area contributed by atoms with E-state index in [9.17, 15) is 0 Å². The number of thioether (sulfide) groups is 8. The standard InChI is InChI=1S/C15H9NS8/c1-2-4-16-8(3-1)9-7-19-12-13(20-9)24-15(23-12)14-21-10-11(22-14)18-6-5-17-10/h1-4,7H,5-6H2. The Kier molecular flexibility index (Phi) is 5.32. The van der Waals surface area contributed by atoms with Crippen LogP contribution < -0.4 is 0 Å². The first-order valence-corrected chi connectivity index (χ1v) is 14.0. The Morgan fingerprint density at radius 3 is 2.08 bits per heavy atom. The second-order valence-electron chi connectivity index (χ2n) is 4.75. The molecule has 0 radical (unpaired) electrons. The van der Waals surface area contributed by atoms with E-state index in [1.54, 1.807) is 0 Å². The van der Waals surface area contributed by atoms with Crippen molar-refractivity contribution < 1.29 is 0 Å². The molecule has 5 heterocycles. The molecule has 1 aromatic heterocycles. The highest BCUT2D eigenvalue weighted by molar-refractivity contribution is 8.46. The lowest BCUT2D eigenvalue weighted by molar-refractivity contribution is 1.29. The SMILES string of the molecule is C1=C(c2ccccn2)SC2=C(S1)SC(=C1SC3=C(SCCS3)S1)S2. The number of aromatic nitrogens is 1. The first kappa shape index (κ1) is 17.0. The third-order valence-corrected chi connectivity index (χ3v) is 15.0. The monoisotopic (exact) mass is 459 g/mol. The van der Waals surface area contributed by atoms with Gasteiger partial charge in [-0.05, 0) is 17.5 Å². The van der Waals surface area contributed by atoms with Crippen LogP contribution >= 0.6 is 94.1 Å². The van der Waals surface area contributed by atoms with Crippen molar-refractivity contribution in [3.63, 3.8) is 0 Å². The fraction of sp³-hybridized carbons (Fsp3) is 0.133. The number of nitrogens with zero attached hydrogens (tertiary/aromatic N) is 1. The summed E-state index contributed by atoms with van der Waals surface area (Å²) in [6.07, 6.45) is 1.87. The fourth-order valence-corrected chi connectivity index (χ4v) is 14.0. The maximum absolute atomic E-state index is 4.49. The molecule has 1 nitrogen and oxygen atoms in total. The minimum absolute atomic E-state index is 1.07. The van der Waals surface area contributed by atoms with Crippen LogP contribution in [-0.4, -0.2) is 16.5 Å². The minimum atomic E-state index is 1.07. The first-order valence-electron chi connectivity index (χ1n) is 7.03. The van der Waals surface area contributed by atoms with E-state index in [4.69, 9.17) is 0 Å². The van der Waals surface area contributed by atoms with E-state index in [0.717, 1.165) is 5.69 Å². The van der Waals surface area contributed by atoms with Gasteiger partial charge in [-0.3, -0.25) is 4.98 Å². The summed E-state index contributed by atoms with van der Waals surface area (Å²) in [5, 5.41) is 2.25. The Hall–Kier alpha value is 0.910. The molecule has 9 heteroatoms.